The minimum absolute atomic E-state index is 0.0439. The fourth-order valence-electron chi connectivity index (χ4n) is 2.92. The molecule has 1 aliphatic heterocycles. The van der Waals surface area contributed by atoms with Gasteiger partial charge < -0.3 is 15.1 Å². The van der Waals surface area contributed by atoms with Crippen LogP contribution in [0.2, 0.25) is 0 Å². The lowest BCUT2D eigenvalue weighted by Crippen LogP contribution is -2.50. The minimum Gasteiger partial charge on any atom is -0.350 e. The summed E-state index contributed by atoms with van der Waals surface area (Å²) < 4.78 is 0. The molecule has 2 heterocycles. The molecule has 7 heteroatoms. The van der Waals surface area contributed by atoms with Gasteiger partial charge in [-0.25, -0.2) is 9.97 Å². The molecule has 0 radical (unpaired) electrons. The number of rotatable bonds is 4. The second-order valence-electron chi connectivity index (χ2n) is 6.36. The van der Waals surface area contributed by atoms with Crippen molar-refractivity contribution < 1.29 is 9.59 Å². The number of hydrogen-bond donors (Lipinski definition) is 1. The van der Waals surface area contributed by atoms with Gasteiger partial charge in [0.05, 0.1) is 0 Å². The molecule has 0 aliphatic carbocycles. The SMILES string of the molecule is CC(=O)N1CCN(C(=O)c2cc(C)nc(NCc3ccccc3)n2)CC1. The number of benzene rings is 1. The van der Waals surface area contributed by atoms with Crippen LogP contribution in [0.3, 0.4) is 0 Å². The number of piperazine rings is 1. The van der Waals surface area contributed by atoms with Gasteiger partial charge in [-0.1, -0.05) is 30.3 Å². The first kappa shape index (κ1) is 17.8. The molecule has 26 heavy (non-hydrogen) atoms. The van der Waals surface area contributed by atoms with E-state index in [-0.39, 0.29) is 11.8 Å². The van der Waals surface area contributed by atoms with E-state index in [0.717, 1.165) is 11.3 Å². The Balaban J connectivity index is 1.67. The van der Waals surface area contributed by atoms with Crippen LogP contribution in [0.15, 0.2) is 36.4 Å². The largest absolute Gasteiger partial charge is 0.350 e. The van der Waals surface area contributed by atoms with E-state index in [4.69, 9.17) is 0 Å². The van der Waals surface area contributed by atoms with Crippen molar-refractivity contribution in [2.75, 3.05) is 31.5 Å². The lowest BCUT2D eigenvalue weighted by atomic mass is 10.2. The number of nitrogens with one attached hydrogen (secondary N) is 1. The summed E-state index contributed by atoms with van der Waals surface area (Å²) in [6.07, 6.45) is 0. The van der Waals surface area contributed by atoms with Crippen LogP contribution in [0, 0.1) is 6.92 Å². The summed E-state index contributed by atoms with van der Waals surface area (Å²) in [5.41, 5.74) is 2.23. The van der Waals surface area contributed by atoms with Crippen LogP contribution in [0.1, 0.15) is 28.7 Å². The van der Waals surface area contributed by atoms with Gasteiger partial charge in [-0.3, -0.25) is 9.59 Å². The highest BCUT2D eigenvalue weighted by molar-refractivity contribution is 5.93. The highest BCUT2D eigenvalue weighted by Gasteiger charge is 2.24. The first-order valence-electron chi connectivity index (χ1n) is 8.71. The number of carbonyl (C=O) groups excluding carboxylic acids is 2. The molecule has 2 aromatic rings. The molecular weight excluding hydrogens is 330 g/mol. The Morgan fingerprint density at radius 3 is 2.35 bits per heavy atom. The monoisotopic (exact) mass is 353 g/mol. The first-order valence-corrected chi connectivity index (χ1v) is 8.71. The molecule has 1 fully saturated rings. The Morgan fingerprint density at radius 2 is 1.69 bits per heavy atom. The average molecular weight is 353 g/mol. The number of amides is 2. The van der Waals surface area contributed by atoms with Crippen molar-refractivity contribution in [2.24, 2.45) is 0 Å². The van der Waals surface area contributed by atoms with Crippen LogP contribution in [0.25, 0.3) is 0 Å². The van der Waals surface area contributed by atoms with Gasteiger partial charge >= 0.3 is 0 Å². The van der Waals surface area contributed by atoms with E-state index in [2.05, 4.69) is 15.3 Å². The predicted octanol–water partition coefficient (Wildman–Crippen LogP) is 1.70. The minimum atomic E-state index is -0.124. The molecule has 136 valence electrons. The predicted molar refractivity (Wildman–Crippen MR) is 98.7 cm³/mol. The molecule has 0 unspecified atom stereocenters. The second kappa shape index (κ2) is 7.95. The van der Waals surface area contributed by atoms with E-state index < -0.39 is 0 Å². The third kappa shape index (κ3) is 4.36. The third-order valence-corrected chi connectivity index (χ3v) is 4.38. The topological polar surface area (TPSA) is 78.4 Å². The van der Waals surface area contributed by atoms with E-state index in [1.807, 2.05) is 37.3 Å². The van der Waals surface area contributed by atoms with Crippen molar-refractivity contribution in [3.63, 3.8) is 0 Å². The van der Waals surface area contributed by atoms with E-state index >= 15 is 0 Å². The first-order chi connectivity index (χ1) is 12.5. The molecular formula is C19H23N5O2. The third-order valence-electron chi connectivity index (χ3n) is 4.38. The quantitative estimate of drug-likeness (QED) is 0.905. The number of anilines is 1. The van der Waals surface area contributed by atoms with Crippen LogP contribution >= 0.6 is 0 Å². The summed E-state index contributed by atoms with van der Waals surface area (Å²) in [7, 11) is 0. The van der Waals surface area contributed by atoms with Gasteiger partial charge in [0.2, 0.25) is 11.9 Å². The van der Waals surface area contributed by atoms with Gasteiger partial charge in [-0.05, 0) is 18.6 Å². The number of carbonyl (C=O) groups is 2. The van der Waals surface area contributed by atoms with Gasteiger partial charge in [0, 0.05) is 45.3 Å². The van der Waals surface area contributed by atoms with Crippen molar-refractivity contribution in [3.05, 3.63) is 53.3 Å². The lowest BCUT2D eigenvalue weighted by molar-refractivity contribution is -0.130. The van der Waals surface area contributed by atoms with E-state index in [9.17, 15) is 9.59 Å². The smallest absolute Gasteiger partial charge is 0.272 e. The molecule has 2 amide bonds. The zero-order valence-electron chi connectivity index (χ0n) is 15.1. The maximum absolute atomic E-state index is 12.8. The molecule has 3 rings (SSSR count). The molecule has 1 aromatic heterocycles. The molecule has 0 saturated carbocycles. The fraction of sp³-hybridized carbons (Fsp3) is 0.368. The Morgan fingerprint density at radius 1 is 1.04 bits per heavy atom. The highest BCUT2D eigenvalue weighted by atomic mass is 16.2. The maximum Gasteiger partial charge on any atom is 0.272 e. The Kier molecular flexibility index (Phi) is 5.46. The Bertz CT molecular complexity index is 786. The Hall–Kier alpha value is -2.96. The highest BCUT2D eigenvalue weighted by Crippen LogP contribution is 2.12. The van der Waals surface area contributed by atoms with Gasteiger partial charge in [-0.15, -0.1) is 0 Å². The molecule has 7 nitrogen and oxygen atoms in total. The second-order valence-corrected chi connectivity index (χ2v) is 6.36. The number of aromatic nitrogens is 2. The molecule has 0 atom stereocenters. The number of nitrogens with zero attached hydrogens (tertiary/aromatic N) is 4. The van der Waals surface area contributed by atoms with Crippen LogP contribution < -0.4 is 5.32 Å². The fourth-order valence-corrected chi connectivity index (χ4v) is 2.92. The van der Waals surface area contributed by atoms with Crippen molar-refractivity contribution in [2.45, 2.75) is 20.4 Å². The van der Waals surface area contributed by atoms with E-state index in [1.165, 1.54) is 0 Å². The number of aryl methyl sites for hydroxylation is 1. The summed E-state index contributed by atoms with van der Waals surface area (Å²) in [5, 5.41) is 3.18. The zero-order chi connectivity index (χ0) is 18.5. The molecule has 0 spiro atoms. The van der Waals surface area contributed by atoms with Crippen molar-refractivity contribution in [3.8, 4) is 0 Å². The van der Waals surface area contributed by atoms with Crippen LogP contribution in [-0.2, 0) is 11.3 Å². The molecule has 1 aromatic carbocycles. The van der Waals surface area contributed by atoms with Crippen LogP contribution in [-0.4, -0.2) is 57.8 Å². The van der Waals surface area contributed by atoms with Crippen molar-refractivity contribution >= 4 is 17.8 Å². The standard InChI is InChI=1S/C19H23N5O2/c1-14-12-17(18(26)24-10-8-23(9-11-24)15(2)25)22-19(21-14)20-13-16-6-4-3-5-7-16/h3-7,12H,8-11,13H2,1-2H3,(H,20,21,22). The summed E-state index contributed by atoms with van der Waals surface area (Å²) in [4.78, 5) is 36.4. The van der Waals surface area contributed by atoms with Gasteiger partial charge in [0.15, 0.2) is 0 Å². The summed E-state index contributed by atoms with van der Waals surface area (Å²) in [6, 6.07) is 11.7. The summed E-state index contributed by atoms with van der Waals surface area (Å²) in [5.74, 6) is 0.364. The van der Waals surface area contributed by atoms with Crippen molar-refractivity contribution in [1.29, 1.82) is 0 Å². The van der Waals surface area contributed by atoms with Crippen LogP contribution in [0.4, 0.5) is 5.95 Å². The van der Waals surface area contributed by atoms with Gasteiger partial charge in [-0.2, -0.15) is 0 Å². The normalized spacial score (nSPS) is 14.2. The van der Waals surface area contributed by atoms with Crippen LogP contribution in [0.5, 0.6) is 0 Å². The lowest BCUT2D eigenvalue weighted by Gasteiger charge is -2.34. The molecule has 1 saturated heterocycles. The average Bonchev–Trinajstić information content (AvgIpc) is 2.66. The molecule has 1 N–H and O–H groups in total. The number of hydrogen-bond acceptors (Lipinski definition) is 5. The van der Waals surface area contributed by atoms with Gasteiger partial charge in [0.25, 0.3) is 5.91 Å². The zero-order valence-corrected chi connectivity index (χ0v) is 15.1. The summed E-state index contributed by atoms with van der Waals surface area (Å²) in [6.45, 7) is 6.15. The molecule has 0 bridgehead atoms. The van der Waals surface area contributed by atoms with E-state index in [1.54, 1.807) is 22.8 Å². The van der Waals surface area contributed by atoms with Gasteiger partial charge in [0.1, 0.15) is 5.69 Å². The molecule has 1 aliphatic rings. The Labute approximate surface area is 153 Å². The van der Waals surface area contributed by atoms with E-state index in [0.29, 0.717) is 44.4 Å². The maximum atomic E-state index is 12.8. The van der Waals surface area contributed by atoms with Crippen molar-refractivity contribution in [1.82, 2.24) is 19.8 Å². The summed E-state index contributed by atoms with van der Waals surface area (Å²) >= 11 is 0.